The number of nitrogens with one attached hydrogen (secondary N) is 2. The zero-order valence-corrected chi connectivity index (χ0v) is 15.7. The molecule has 0 atom stereocenters. The van der Waals surface area contributed by atoms with Gasteiger partial charge in [0.1, 0.15) is 5.82 Å². The average Bonchev–Trinajstić information content (AvgIpc) is 3.13. The fourth-order valence-electron chi connectivity index (χ4n) is 2.12. The SMILES string of the molecule is O=C(Nc1ccccc1NC(=O)c1cccs1)c1ccc(I)c(F)c1. The molecule has 0 aliphatic carbocycles. The molecule has 2 aromatic carbocycles. The molecule has 3 aromatic rings. The highest BCUT2D eigenvalue weighted by Gasteiger charge is 2.13. The molecule has 126 valence electrons. The van der Waals surface area contributed by atoms with Crippen molar-refractivity contribution in [3.63, 3.8) is 0 Å². The van der Waals surface area contributed by atoms with Gasteiger partial charge in [-0.3, -0.25) is 9.59 Å². The van der Waals surface area contributed by atoms with Crippen molar-refractivity contribution in [2.45, 2.75) is 0 Å². The number of halogens is 2. The van der Waals surface area contributed by atoms with Gasteiger partial charge in [0, 0.05) is 9.13 Å². The van der Waals surface area contributed by atoms with Gasteiger partial charge < -0.3 is 10.6 Å². The first-order valence-corrected chi connectivity index (χ1v) is 9.21. The summed E-state index contributed by atoms with van der Waals surface area (Å²) in [6.07, 6.45) is 0. The van der Waals surface area contributed by atoms with Gasteiger partial charge in [-0.05, 0) is 64.4 Å². The first-order valence-electron chi connectivity index (χ1n) is 7.25. The number of anilines is 2. The quantitative estimate of drug-likeness (QED) is 0.532. The van der Waals surface area contributed by atoms with E-state index in [0.29, 0.717) is 19.8 Å². The molecule has 1 aromatic heterocycles. The van der Waals surface area contributed by atoms with Gasteiger partial charge in [-0.2, -0.15) is 0 Å². The molecule has 1 heterocycles. The van der Waals surface area contributed by atoms with Crippen molar-refractivity contribution >= 4 is 57.1 Å². The van der Waals surface area contributed by atoms with E-state index in [2.05, 4.69) is 10.6 Å². The summed E-state index contributed by atoms with van der Waals surface area (Å²) in [4.78, 5) is 25.1. The molecule has 0 radical (unpaired) electrons. The molecule has 3 rings (SSSR count). The summed E-state index contributed by atoms with van der Waals surface area (Å²) in [7, 11) is 0. The van der Waals surface area contributed by atoms with E-state index in [4.69, 9.17) is 0 Å². The molecular weight excluding hydrogens is 454 g/mol. The zero-order chi connectivity index (χ0) is 17.8. The van der Waals surface area contributed by atoms with Crippen LogP contribution >= 0.6 is 33.9 Å². The number of carbonyl (C=O) groups excluding carboxylic acids is 2. The molecule has 0 bridgehead atoms. The van der Waals surface area contributed by atoms with E-state index in [0.717, 1.165) is 0 Å². The first kappa shape index (κ1) is 17.6. The number of carbonyl (C=O) groups is 2. The summed E-state index contributed by atoms with van der Waals surface area (Å²) in [5.41, 5.74) is 1.12. The predicted octanol–water partition coefficient (Wildman–Crippen LogP) is 5.00. The van der Waals surface area contributed by atoms with E-state index in [1.54, 1.807) is 42.5 Å². The number of rotatable bonds is 4. The third-order valence-electron chi connectivity index (χ3n) is 3.35. The summed E-state index contributed by atoms with van der Waals surface area (Å²) >= 11 is 3.19. The van der Waals surface area contributed by atoms with Crippen LogP contribution in [0.5, 0.6) is 0 Å². The summed E-state index contributed by atoms with van der Waals surface area (Å²) in [5.74, 6) is -1.15. The largest absolute Gasteiger partial charge is 0.320 e. The molecule has 4 nitrogen and oxygen atoms in total. The molecule has 0 unspecified atom stereocenters. The zero-order valence-electron chi connectivity index (χ0n) is 12.8. The molecule has 0 aliphatic rings. The van der Waals surface area contributed by atoms with Crippen molar-refractivity contribution < 1.29 is 14.0 Å². The van der Waals surface area contributed by atoms with Crippen LogP contribution in [0.4, 0.5) is 15.8 Å². The molecular formula is C18H12FIN2O2S. The van der Waals surface area contributed by atoms with Crippen molar-refractivity contribution in [3.8, 4) is 0 Å². The Morgan fingerprint density at radius 1 is 0.920 bits per heavy atom. The normalized spacial score (nSPS) is 10.3. The molecule has 0 saturated carbocycles. The number of hydrogen-bond acceptors (Lipinski definition) is 3. The minimum atomic E-state index is -0.451. The van der Waals surface area contributed by atoms with E-state index in [1.807, 2.05) is 28.0 Å². The third kappa shape index (κ3) is 4.23. The first-order chi connectivity index (χ1) is 12.0. The van der Waals surface area contributed by atoms with Gasteiger partial charge in [0.25, 0.3) is 11.8 Å². The molecule has 0 saturated heterocycles. The van der Waals surface area contributed by atoms with Crippen LogP contribution in [0.1, 0.15) is 20.0 Å². The Morgan fingerprint density at radius 3 is 2.20 bits per heavy atom. The van der Waals surface area contributed by atoms with Gasteiger partial charge in [0.15, 0.2) is 0 Å². The standard InChI is InChI=1S/C18H12FIN2O2S/c19-12-10-11(7-8-13(12)20)17(23)21-14-4-1-2-5-15(14)22-18(24)16-6-3-9-25-16/h1-10H,(H,21,23)(H,22,24). The topological polar surface area (TPSA) is 58.2 Å². The maximum absolute atomic E-state index is 13.6. The molecule has 2 N–H and O–H groups in total. The Hall–Kier alpha value is -2.26. The fourth-order valence-corrected chi connectivity index (χ4v) is 3.08. The smallest absolute Gasteiger partial charge is 0.265 e. The lowest BCUT2D eigenvalue weighted by Gasteiger charge is -2.12. The maximum atomic E-state index is 13.6. The van der Waals surface area contributed by atoms with Crippen LogP contribution in [0.15, 0.2) is 60.0 Å². The van der Waals surface area contributed by atoms with Crippen LogP contribution in [0.2, 0.25) is 0 Å². The minimum absolute atomic E-state index is 0.206. The predicted molar refractivity (Wildman–Crippen MR) is 106 cm³/mol. The van der Waals surface area contributed by atoms with E-state index < -0.39 is 11.7 Å². The van der Waals surface area contributed by atoms with Crippen LogP contribution < -0.4 is 10.6 Å². The van der Waals surface area contributed by atoms with Crippen molar-refractivity contribution in [3.05, 3.63) is 79.8 Å². The molecule has 25 heavy (non-hydrogen) atoms. The van der Waals surface area contributed by atoms with Gasteiger partial charge in [-0.15, -0.1) is 11.3 Å². The van der Waals surface area contributed by atoms with Gasteiger partial charge in [-0.1, -0.05) is 18.2 Å². The van der Waals surface area contributed by atoms with E-state index in [-0.39, 0.29) is 11.5 Å². The highest BCUT2D eigenvalue weighted by Crippen LogP contribution is 2.23. The minimum Gasteiger partial charge on any atom is -0.320 e. The van der Waals surface area contributed by atoms with Gasteiger partial charge >= 0.3 is 0 Å². The highest BCUT2D eigenvalue weighted by atomic mass is 127. The van der Waals surface area contributed by atoms with Gasteiger partial charge in [0.2, 0.25) is 0 Å². The number of benzene rings is 2. The average molecular weight is 466 g/mol. The molecule has 7 heteroatoms. The third-order valence-corrected chi connectivity index (χ3v) is 5.09. The van der Waals surface area contributed by atoms with Crippen LogP contribution in [0.25, 0.3) is 0 Å². The van der Waals surface area contributed by atoms with E-state index in [9.17, 15) is 14.0 Å². The Kier molecular flexibility index (Phi) is 5.44. The Morgan fingerprint density at radius 2 is 1.60 bits per heavy atom. The van der Waals surface area contributed by atoms with Crippen molar-refractivity contribution in [2.24, 2.45) is 0 Å². The second kappa shape index (κ2) is 7.75. The number of hydrogen-bond donors (Lipinski definition) is 2. The molecule has 0 spiro atoms. The summed E-state index contributed by atoms with van der Waals surface area (Å²) in [5, 5.41) is 7.29. The fraction of sp³-hybridized carbons (Fsp3) is 0. The summed E-state index contributed by atoms with van der Waals surface area (Å²) in [6.45, 7) is 0. The van der Waals surface area contributed by atoms with Gasteiger partial charge in [0.05, 0.1) is 16.3 Å². The number of para-hydroxylation sites is 2. The second-order valence-electron chi connectivity index (χ2n) is 5.06. The van der Waals surface area contributed by atoms with Crippen LogP contribution in [-0.4, -0.2) is 11.8 Å². The Labute approximate surface area is 161 Å². The second-order valence-corrected chi connectivity index (χ2v) is 7.17. The van der Waals surface area contributed by atoms with Crippen LogP contribution in [-0.2, 0) is 0 Å². The van der Waals surface area contributed by atoms with Crippen molar-refractivity contribution in [2.75, 3.05) is 10.6 Å². The lowest BCUT2D eigenvalue weighted by Crippen LogP contribution is -2.16. The summed E-state index contributed by atoms with van der Waals surface area (Å²) < 4.78 is 14.1. The summed E-state index contributed by atoms with van der Waals surface area (Å²) in [6, 6.07) is 14.6. The number of amides is 2. The molecule has 0 fully saturated rings. The molecule has 0 aliphatic heterocycles. The van der Waals surface area contributed by atoms with Crippen LogP contribution in [0, 0.1) is 9.39 Å². The van der Waals surface area contributed by atoms with Crippen molar-refractivity contribution in [1.29, 1.82) is 0 Å². The highest BCUT2D eigenvalue weighted by molar-refractivity contribution is 14.1. The number of thiophene rings is 1. The lowest BCUT2D eigenvalue weighted by molar-refractivity contribution is 0.101. The van der Waals surface area contributed by atoms with E-state index >= 15 is 0 Å². The lowest BCUT2D eigenvalue weighted by atomic mass is 10.2. The van der Waals surface area contributed by atoms with Gasteiger partial charge in [-0.25, -0.2) is 4.39 Å². The Bertz CT molecular complexity index is 929. The monoisotopic (exact) mass is 466 g/mol. The molecule has 2 amide bonds. The maximum Gasteiger partial charge on any atom is 0.265 e. The van der Waals surface area contributed by atoms with Crippen LogP contribution in [0.3, 0.4) is 0 Å². The van der Waals surface area contributed by atoms with E-state index in [1.165, 1.54) is 23.5 Å². The van der Waals surface area contributed by atoms with Crippen molar-refractivity contribution in [1.82, 2.24) is 0 Å². The Balaban J connectivity index is 1.79.